The van der Waals surface area contributed by atoms with Gasteiger partial charge in [-0.2, -0.15) is 13.2 Å². The van der Waals surface area contributed by atoms with Crippen LogP contribution >= 0.6 is 11.3 Å². The molecule has 0 aromatic carbocycles. The Hall–Kier alpha value is -2.69. The Morgan fingerprint density at radius 2 is 2.12 bits per heavy atom. The predicted molar refractivity (Wildman–Crippen MR) is 91.8 cm³/mol. The zero-order chi connectivity index (χ0) is 18.6. The smallest absolute Gasteiger partial charge is 0.357 e. The number of guanidine groups is 1. The number of pyridine rings is 1. The van der Waals surface area contributed by atoms with Crippen molar-refractivity contribution in [1.29, 1.82) is 0 Å². The molecule has 0 aliphatic rings. The number of hydrogen-bond acceptors (Lipinski definition) is 5. The summed E-state index contributed by atoms with van der Waals surface area (Å²) in [4.78, 5) is 7.99. The van der Waals surface area contributed by atoms with Gasteiger partial charge in [0.25, 0.3) is 0 Å². The van der Waals surface area contributed by atoms with Crippen molar-refractivity contribution in [2.45, 2.75) is 26.2 Å². The average Bonchev–Trinajstić information content (AvgIpc) is 3.24. The Morgan fingerprint density at radius 3 is 2.85 bits per heavy atom. The van der Waals surface area contributed by atoms with E-state index in [0.29, 0.717) is 23.3 Å². The Morgan fingerprint density at radius 1 is 1.27 bits per heavy atom. The van der Waals surface area contributed by atoms with Gasteiger partial charge in [0.15, 0.2) is 23.1 Å². The van der Waals surface area contributed by atoms with Crippen LogP contribution in [-0.2, 0) is 19.3 Å². The fourth-order valence-electron chi connectivity index (χ4n) is 2.17. The van der Waals surface area contributed by atoms with E-state index in [1.807, 2.05) is 35.7 Å². The van der Waals surface area contributed by atoms with Crippen LogP contribution in [0.25, 0.3) is 5.65 Å². The summed E-state index contributed by atoms with van der Waals surface area (Å²) >= 11 is 0.951. The topological polar surface area (TPSA) is 79.5 Å². The largest absolute Gasteiger partial charge is 0.434 e. The van der Waals surface area contributed by atoms with Crippen LogP contribution in [0.2, 0.25) is 0 Å². The highest BCUT2D eigenvalue weighted by molar-refractivity contribution is 7.09. The number of alkyl halides is 3. The number of nitrogens with zero attached hydrogens (tertiary/aromatic N) is 5. The fraction of sp³-hybridized carbons (Fsp3) is 0.333. The number of aromatic nitrogens is 4. The first-order valence-electron chi connectivity index (χ1n) is 7.80. The molecule has 3 rings (SSSR count). The highest BCUT2D eigenvalue weighted by Gasteiger charge is 2.33. The summed E-state index contributed by atoms with van der Waals surface area (Å²) in [6.07, 6.45) is -2.59. The Balaban J connectivity index is 1.66. The number of halogens is 3. The first-order chi connectivity index (χ1) is 12.5. The van der Waals surface area contributed by atoms with Gasteiger partial charge in [0.05, 0.1) is 6.54 Å². The van der Waals surface area contributed by atoms with Crippen molar-refractivity contribution in [2.24, 2.45) is 4.99 Å². The number of hydrogen-bond donors (Lipinski definition) is 2. The van der Waals surface area contributed by atoms with Crippen LogP contribution in [0, 0.1) is 0 Å². The third-order valence-corrected chi connectivity index (χ3v) is 4.21. The van der Waals surface area contributed by atoms with Crippen LogP contribution in [0.3, 0.4) is 0 Å². The molecule has 26 heavy (non-hydrogen) atoms. The molecule has 0 aliphatic carbocycles. The summed E-state index contributed by atoms with van der Waals surface area (Å²) in [7, 11) is 0. The van der Waals surface area contributed by atoms with Gasteiger partial charge in [-0.25, -0.2) is 9.98 Å². The second-order valence-corrected chi connectivity index (χ2v) is 6.16. The summed E-state index contributed by atoms with van der Waals surface area (Å²) in [5.41, 5.74) is -0.158. The van der Waals surface area contributed by atoms with Gasteiger partial charge in [-0.15, -0.1) is 21.5 Å². The molecule has 0 bridgehead atoms. The second-order valence-electron chi connectivity index (χ2n) is 5.22. The minimum absolute atomic E-state index is 0.146. The highest BCUT2D eigenvalue weighted by Crippen LogP contribution is 2.29. The summed E-state index contributed by atoms with van der Waals surface area (Å²) in [6, 6.07) is 5.57. The molecule has 0 atom stereocenters. The van der Waals surface area contributed by atoms with E-state index < -0.39 is 11.9 Å². The van der Waals surface area contributed by atoms with Crippen molar-refractivity contribution in [2.75, 3.05) is 6.54 Å². The molecule has 0 saturated carbocycles. The molecule has 0 unspecified atom stereocenters. The van der Waals surface area contributed by atoms with Crippen LogP contribution < -0.4 is 10.6 Å². The van der Waals surface area contributed by atoms with Gasteiger partial charge < -0.3 is 10.6 Å². The maximum Gasteiger partial charge on any atom is 0.434 e. The lowest BCUT2D eigenvalue weighted by atomic mass is 10.4. The summed E-state index contributed by atoms with van der Waals surface area (Å²) < 4.78 is 39.6. The third kappa shape index (κ3) is 4.28. The summed E-state index contributed by atoms with van der Waals surface area (Å²) in [5.74, 6) is 1.12. The van der Waals surface area contributed by atoms with Crippen LogP contribution in [-0.4, -0.2) is 32.1 Å². The first-order valence-corrected chi connectivity index (χ1v) is 8.67. The molecule has 0 spiro atoms. The monoisotopic (exact) mass is 383 g/mol. The zero-order valence-corrected chi connectivity index (χ0v) is 14.6. The van der Waals surface area contributed by atoms with Crippen molar-refractivity contribution < 1.29 is 13.2 Å². The molecule has 11 heteroatoms. The second kappa shape index (κ2) is 7.68. The third-order valence-electron chi connectivity index (χ3n) is 3.36. The number of thiazole rings is 1. The van der Waals surface area contributed by atoms with Crippen molar-refractivity contribution in [3.63, 3.8) is 0 Å². The SMILES string of the molecule is CCNC(=NCc1nnc2ccccn12)NCc1nc(C(F)(F)F)cs1. The Bertz CT molecular complexity index is 900. The zero-order valence-electron chi connectivity index (χ0n) is 13.8. The minimum atomic E-state index is -4.43. The van der Waals surface area contributed by atoms with Crippen LogP contribution in [0.4, 0.5) is 13.2 Å². The van der Waals surface area contributed by atoms with E-state index in [1.54, 1.807) is 0 Å². The lowest BCUT2D eigenvalue weighted by molar-refractivity contribution is -0.140. The van der Waals surface area contributed by atoms with Crippen molar-refractivity contribution in [3.05, 3.63) is 46.3 Å². The highest BCUT2D eigenvalue weighted by atomic mass is 32.1. The van der Waals surface area contributed by atoms with E-state index >= 15 is 0 Å². The van der Waals surface area contributed by atoms with Gasteiger partial charge in [0.2, 0.25) is 0 Å². The molecule has 7 nitrogen and oxygen atoms in total. The van der Waals surface area contributed by atoms with E-state index in [1.165, 1.54) is 0 Å². The molecular formula is C15H16F3N7S. The van der Waals surface area contributed by atoms with Gasteiger partial charge in [-0.1, -0.05) is 6.07 Å². The average molecular weight is 383 g/mol. The van der Waals surface area contributed by atoms with Gasteiger partial charge in [0.1, 0.15) is 11.6 Å². The van der Waals surface area contributed by atoms with Crippen LogP contribution in [0.5, 0.6) is 0 Å². The van der Waals surface area contributed by atoms with Crippen molar-refractivity contribution in [1.82, 2.24) is 30.2 Å². The quantitative estimate of drug-likeness (QED) is 0.523. The molecule has 0 aliphatic heterocycles. The fourth-order valence-corrected chi connectivity index (χ4v) is 2.91. The van der Waals surface area contributed by atoms with E-state index in [9.17, 15) is 13.2 Å². The van der Waals surface area contributed by atoms with Gasteiger partial charge in [-0.3, -0.25) is 4.40 Å². The lowest BCUT2D eigenvalue weighted by Gasteiger charge is -2.09. The molecule has 0 fully saturated rings. The minimum Gasteiger partial charge on any atom is -0.357 e. The number of fused-ring (bicyclic) bond motifs is 1. The van der Waals surface area contributed by atoms with Gasteiger partial charge in [-0.05, 0) is 19.1 Å². The Kier molecular flexibility index (Phi) is 5.35. The molecule has 0 radical (unpaired) electrons. The summed E-state index contributed by atoms with van der Waals surface area (Å²) in [6.45, 7) is 2.92. The number of nitrogens with one attached hydrogen (secondary N) is 2. The molecular weight excluding hydrogens is 367 g/mol. The standard InChI is InChI=1S/C15H16F3N7S/c1-2-19-14(21-8-13-22-10(9-26-13)15(16,17)18)20-7-12-24-23-11-5-3-4-6-25(11)12/h3-6,9H,2,7-8H2,1H3,(H2,19,20,21). The molecule has 3 aromatic rings. The van der Waals surface area contributed by atoms with Crippen LogP contribution in [0.1, 0.15) is 23.4 Å². The molecule has 138 valence electrons. The maximum absolute atomic E-state index is 12.6. The molecule has 0 amide bonds. The van der Waals surface area contributed by atoms with Crippen LogP contribution in [0.15, 0.2) is 34.8 Å². The molecule has 2 N–H and O–H groups in total. The van der Waals surface area contributed by atoms with E-state index in [-0.39, 0.29) is 13.1 Å². The molecule has 3 aromatic heterocycles. The van der Waals surface area contributed by atoms with Crippen molar-refractivity contribution in [3.8, 4) is 0 Å². The lowest BCUT2D eigenvalue weighted by Crippen LogP contribution is -2.36. The summed E-state index contributed by atoms with van der Waals surface area (Å²) in [5, 5.41) is 15.5. The van der Waals surface area contributed by atoms with Gasteiger partial charge >= 0.3 is 6.18 Å². The van der Waals surface area contributed by atoms with Gasteiger partial charge in [0, 0.05) is 18.1 Å². The molecule has 0 saturated heterocycles. The molecule has 3 heterocycles. The number of rotatable bonds is 5. The first kappa shape index (κ1) is 18.1. The predicted octanol–water partition coefficient (Wildman–Crippen LogP) is 2.46. The van der Waals surface area contributed by atoms with E-state index in [0.717, 1.165) is 22.4 Å². The van der Waals surface area contributed by atoms with E-state index in [2.05, 4.69) is 30.8 Å². The van der Waals surface area contributed by atoms with E-state index in [4.69, 9.17) is 0 Å². The van der Waals surface area contributed by atoms with Crippen molar-refractivity contribution >= 4 is 22.9 Å². The maximum atomic E-state index is 12.6. The Labute approximate surface area is 151 Å². The number of aliphatic imine (C=N–C) groups is 1. The normalized spacial score (nSPS) is 12.5.